The zero-order chi connectivity index (χ0) is 41.4. The van der Waals surface area contributed by atoms with Gasteiger partial charge in [0.25, 0.3) is 0 Å². The summed E-state index contributed by atoms with van der Waals surface area (Å²) in [6.45, 7) is 4.13. The first kappa shape index (κ1) is 52.9. The van der Waals surface area contributed by atoms with E-state index in [0.717, 1.165) is 64.2 Å². The Morgan fingerprint density at radius 2 is 1.02 bits per heavy atom. The third kappa shape index (κ3) is 40.6. The van der Waals surface area contributed by atoms with Crippen LogP contribution in [0.3, 0.4) is 0 Å². The van der Waals surface area contributed by atoms with Crippen LogP contribution in [0, 0.1) is 0 Å². The summed E-state index contributed by atoms with van der Waals surface area (Å²) >= 11 is 0. The lowest BCUT2D eigenvalue weighted by atomic mass is 10.2. The largest absolute Gasteiger partial charge is 0.472 e. The quantitative estimate of drug-likeness (QED) is 0.0219. The van der Waals surface area contributed by atoms with Crippen LogP contribution in [-0.2, 0) is 32.7 Å². The van der Waals surface area contributed by atoms with Crippen LogP contribution in [0.4, 0.5) is 0 Å². The number of quaternary nitrogens is 1. The molecule has 9 nitrogen and oxygen atoms in total. The van der Waals surface area contributed by atoms with Gasteiger partial charge in [0.05, 0.1) is 27.7 Å². The molecule has 0 aliphatic rings. The minimum Gasteiger partial charge on any atom is -0.462 e. The molecule has 0 saturated heterocycles. The van der Waals surface area contributed by atoms with Crippen LogP contribution < -0.4 is 0 Å². The first-order valence-electron chi connectivity index (χ1n) is 21.0. The minimum atomic E-state index is -4.40. The molecule has 0 spiro atoms. The van der Waals surface area contributed by atoms with Gasteiger partial charge in [-0.25, -0.2) is 4.57 Å². The number of hydrogen-bond donors (Lipinski definition) is 1. The lowest BCUT2D eigenvalue weighted by Crippen LogP contribution is -2.37. The van der Waals surface area contributed by atoms with Gasteiger partial charge >= 0.3 is 19.8 Å². The average molecular weight is 803 g/mol. The highest BCUT2D eigenvalue weighted by atomic mass is 31.2. The third-order valence-corrected chi connectivity index (χ3v) is 9.08. The van der Waals surface area contributed by atoms with Gasteiger partial charge in [-0.05, 0) is 89.9 Å². The number of phosphoric acid groups is 1. The normalized spacial score (nSPS) is 14.6. The second kappa shape index (κ2) is 37.5. The van der Waals surface area contributed by atoms with Crippen molar-refractivity contribution in [1.82, 2.24) is 0 Å². The van der Waals surface area contributed by atoms with E-state index in [1.165, 1.54) is 25.7 Å². The van der Waals surface area contributed by atoms with E-state index in [1.54, 1.807) is 0 Å². The van der Waals surface area contributed by atoms with Crippen molar-refractivity contribution in [2.45, 2.75) is 136 Å². The molecule has 0 aromatic heterocycles. The lowest BCUT2D eigenvalue weighted by Gasteiger charge is -2.24. The molecule has 10 heteroatoms. The predicted molar refractivity (Wildman–Crippen MR) is 233 cm³/mol. The van der Waals surface area contributed by atoms with Crippen LogP contribution >= 0.6 is 7.82 Å². The molecule has 0 fully saturated rings. The first-order chi connectivity index (χ1) is 27.0. The molecule has 0 bridgehead atoms. The van der Waals surface area contributed by atoms with E-state index in [0.29, 0.717) is 23.9 Å². The summed E-state index contributed by atoms with van der Waals surface area (Å²) in [5, 5.41) is 0. The van der Waals surface area contributed by atoms with Crippen molar-refractivity contribution in [1.29, 1.82) is 0 Å². The van der Waals surface area contributed by atoms with Gasteiger partial charge in [-0.3, -0.25) is 18.6 Å². The van der Waals surface area contributed by atoms with Gasteiger partial charge in [-0.1, -0.05) is 124 Å². The fourth-order valence-electron chi connectivity index (χ4n) is 4.82. The maximum Gasteiger partial charge on any atom is 0.472 e. The Bertz CT molecular complexity index is 1270. The van der Waals surface area contributed by atoms with Gasteiger partial charge in [-0.2, -0.15) is 0 Å². The lowest BCUT2D eigenvalue weighted by molar-refractivity contribution is -0.870. The summed E-state index contributed by atoms with van der Waals surface area (Å²) in [5.41, 5.74) is 0. The summed E-state index contributed by atoms with van der Waals surface area (Å²) in [5.74, 6) is -0.926. The molecule has 0 aromatic rings. The van der Waals surface area contributed by atoms with Crippen LogP contribution in [0.1, 0.15) is 129 Å². The monoisotopic (exact) mass is 803 g/mol. The number of rotatable bonds is 36. The van der Waals surface area contributed by atoms with Gasteiger partial charge in [-0.15, -0.1) is 0 Å². The number of likely N-dealkylation sites (N-methyl/N-ethyl adjacent to an activating group) is 1. The summed E-state index contributed by atoms with van der Waals surface area (Å²) in [6, 6.07) is 0. The van der Waals surface area contributed by atoms with E-state index in [1.807, 2.05) is 27.2 Å². The molecule has 0 amide bonds. The number of allylic oxidation sites excluding steroid dienone is 16. The molecule has 0 heterocycles. The van der Waals surface area contributed by atoms with Crippen molar-refractivity contribution in [2.24, 2.45) is 0 Å². The molecule has 1 unspecified atom stereocenters. The van der Waals surface area contributed by atoms with Crippen molar-refractivity contribution < 1.29 is 42.1 Å². The van der Waals surface area contributed by atoms with Crippen molar-refractivity contribution in [2.75, 3.05) is 47.5 Å². The summed E-state index contributed by atoms with van der Waals surface area (Å²) < 4.78 is 34.1. The van der Waals surface area contributed by atoms with Crippen molar-refractivity contribution >= 4 is 19.8 Å². The fraction of sp³-hybridized carbons (Fsp3) is 0.609. The number of carbonyl (C=O) groups excluding carboxylic acids is 2. The number of hydrogen-bond acceptors (Lipinski definition) is 7. The van der Waals surface area contributed by atoms with Gasteiger partial charge in [0, 0.05) is 12.8 Å². The summed E-state index contributed by atoms with van der Waals surface area (Å²) in [4.78, 5) is 35.3. The van der Waals surface area contributed by atoms with Gasteiger partial charge in [0.1, 0.15) is 19.8 Å². The molecule has 56 heavy (non-hydrogen) atoms. The number of phosphoric ester groups is 1. The Hall–Kier alpha value is -3.07. The Kier molecular flexibility index (Phi) is 35.4. The highest BCUT2D eigenvalue weighted by Crippen LogP contribution is 2.43. The fourth-order valence-corrected chi connectivity index (χ4v) is 5.56. The number of unbranched alkanes of at least 4 members (excludes halogenated alkanes) is 6. The topological polar surface area (TPSA) is 108 Å². The van der Waals surface area contributed by atoms with Crippen LogP contribution in [-0.4, -0.2) is 74.9 Å². The molecule has 0 rings (SSSR count). The first-order valence-corrected chi connectivity index (χ1v) is 22.5. The summed E-state index contributed by atoms with van der Waals surface area (Å²) in [6.07, 6.45) is 49.0. The Balaban J connectivity index is 4.58. The number of ether oxygens (including phenoxy) is 2. The van der Waals surface area contributed by atoms with E-state index in [-0.39, 0.29) is 26.1 Å². The average Bonchev–Trinajstić information content (AvgIpc) is 3.15. The Labute approximate surface area is 341 Å². The van der Waals surface area contributed by atoms with E-state index >= 15 is 0 Å². The zero-order valence-corrected chi connectivity index (χ0v) is 36.5. The van der Waals surface area contributed by atoms with Crippen LogP contribution in [0.2, 0.25) is 0 Å². The van der Waals surface area contributed by atoms with Gasteiger partial charge in [0.2, 0.25) is 0 Å². The molecule has 0 aromatic carbocycles. The molecular weight excluding hydrogens is 725 g/mol. The van der Waals surface area contributed by atoms with Gasteiger partial charge < -0.3 is 18.9 Å². The van der Waals surface area contributed by atoms with Crippen LogP contribution in [0.25, 0.3) is 0 Å². The molecule has 0 aliphatic carbocycles. The second-order valence-corrected chi connectivity index (χ2v) is 16.1. The highest BCUT2D eigenvalue weighted by Gasteiger charge is 2.27. The molecule has 0 aliphatic heterocycles. The maximum atomic E-state index is 12.6. The standard InChI is InChI=1S/C46H76NO8P/c1-6-8-10-12-14-16-18-20-22-23-25-26-28-30-32-34-36-38-45(48)52-42-44(43-54-56(50,51)53-41-40-47(3,4)5)55-46(49)39-37-35-33-31-29-27-24-21-19-17-15-13-11-9-7-2/h9,11,14-17,20-22,24-26,29-32,44H,6-8,10,12-13,18-19,23,27-28,33-43H2,1-5H3/p+1/b11-9-,16-14-,17-15-,22-20-,24-21-,26-25-,31-29-,32-30-/t44-/m1/s1. The smallest absolute Gasteiger partial charge is 0.462 e. The molecule has 1 N–H and O–H groups in total. The molecular formula is C46H77NO8P+. The van der Waals surface area contributed by atoms with Gasteiger partial charge in [0.15, 0.2) is 6.10 Å². The minimum absolute atomic E-state index is 0.00936. The number of nitrogens with zero attached hydrogens (tertiary/aromatic N) is 1. The van der Waals surface area contributed by atoms with Crippen LogP contribution in [0.15, 0.2) is 97.2 Å². The maximum absolute atomic E-state index is 12.6. The molecule has 2 atom stereocenters. The molecule has 0 radical (unpaired) electrons. The van der Waals surface area contributed by atoms with E-state index in [4.69, 9.17) is 18.5 Å². The number of esters is 2. The van der Waals surface area contributed by atoms with Crippen LogP contribution in [0.5, 0.6) is 0 Å². The van der Waals surface area contributed by atoms with E-state index in [2.05, 4.69) is 105 Å². The third-order valence-electron chi connectivity index (χ3n) is 8.10. The van der Waals surface area contributed by atoms with Crippen molar-refractivity contribution in [3.05, 3.63) is 97.2 Å². The van der Waals surface area contributed by atoms with E-state index < -0.39 is 32.5 Å². The zero-order valence-electron chi connectivity index (χ0n) is 35.6. The second-order valence-electron chi connectivity index (χ2n) is 14.6. The van der Waals surface area contributed by atoms with E-state index in [9.17, 15) is 19.0 Å². The number of carbonyl (C=O) groups is 2. The molecule has 318 valence electrons. The van der Waals surface area contributed by atoms with Crippen molar-refractivity contribution in [3.63, 3.8) is 0 Å². The predicted octanol–water partition coefficient (Wildman–Crippen LogP) is 11.8. The SMILES string of the molecule is CC/C=C\C/C=C\C/C=C\C/C=C\CCCCC(=O)O[C@H](COC(=O)CCC/C=C\C/C=C\C/C=C\C/C=C\CCCCC)COP(=O)(O)OCC[N+](C)(C)C. The highest BCUT2D eigenvalue weighted by molar-refractivity contribution is 7.47. The Morgan fingerprint density at radius 1 is 0.571 bits per heavy atom. The Morgan fingerprint density at radius 3 is 1.50 bits per heavy atom. The van der Waals surface area contributed by atoms with Crippen molar-refractivity contribution in [3.8, 4) is 0 Å². The molecule has 0 saturated carbocycles. The summed E-state index contributed by atoms with van der Waals surface area (Å²) in [7, 11) is 1.40.